The summed E-state index contributed by atoms with van der Waals surface area (Å²) < 4.78 is 22.5. The van der Waals surface area contributed by atoms with Gasteiger partial charge >= 0.3 is 0 Å². The summed E-state index contributed by atoms with van der Waals surface area (Å²) in [6.07, 6.45) is 7.93. The first-order chi connectivity index (χ1) is 14.7. The van der Waals surface area contributed by atoms with Crippen molar-refractivity contribution in [2.24, 2.45) is 0 Å². The van der Waals surface area contributed by atoms with E-state index >= 15 is 0 Å². The van der Waals surface area contributed by atoms with Gasteiger partial charge in [0, 0.05) is 23.7 Å². The lowest BCUT2D eigenvalue weighted by Gasteiger charge is -2.24. The van der Waals surface area contributed by atoms with Gasteiger partial charge in [-0.15, -0.1) is 0 Å². The molecular weight excluding hydrogens is 385 g/mol. The van der Waals surface area contributed by atoms with E-state index in [2.05, 4.69) is 15.5 Å². The number of nitrogens with one attached hydrogen (secondary N) is 1. The molecule has 1 N–H and O–H groups in total. The van der Waals surface area contributed by atoms with Crippen LogP contribution in [-0.4, -0.2) is 25.5 Å². The van der Waals surface area contributed by atoms with Crippen LogP contribution in [0.15, 0.2) is 65.5 Å². The fourth-order valence-electron chi connectivity index (χ4n) is 3.88. The van der Waals surface area contributed by atoms with E-state index in [9.17, 15) is 9.18 Å². The van der Waals surface area contributed by atoms with Crippen LogP contribution in [0.4, 0.5) is 4.39 Å². The number of rotatable bonds is 5. The van der Waals surface area contributed by atoms with Gasteiger partial charge in [-0.2, -0.15) is 10.2 Å². The summed E-state index contributed by atoms with van der Waals surface area (Å²) in [6, 6.07) is 11.4. The normalized spacial score (nSPS) is 15.7. The van der Waals surface area contributed by atoms with E-state index in [0.717, 1.165) is 36.2 Å². The Morgan fingerprint density at radius 2 is 2.07 bits per heavy atom. The van der Waals surface area contributed by atoms with Gasteiger partial charge in [0.15, 0.2) is 5.76 Å². The van der Waals surface area contributed by atoms with E-state index in [-0.39, 0.29) is 23.5 Å². The molecule has 1 amide bonds. The Balaban J connectivity index is 1.33. The molecule has 0 radical (unpaired) electrons. The molecule has 1 atom stereocenters. The minimum absolute atomic E-state index is 0.143. The van der Waals surface area contributed by atoms with E-state index in [1.165, 1.54) is 12.1 Å². The van der Waals surface area contributed by atoms with Crippen LogP contribution in [-0.2, 0) is 13.0 Å². The second-order valence-corrected chi connectivity index (χ2v) is 7.32. The predicted octanol–water partition coefficient (Wildman–Crippen LogP) is 3.66. The first kappa shape index (κ1) is 18.4. The summed E-state index contributed by atoms with van der Waals surface area (Å²) in [4.78, 5) is 12.8. The largest absolute Gasteiger partial charge is 0.454 e. The predicted molar refractivity (Wildman–Crippen MR) is 107 cm³/mol. The Kier molecular flexibility index (Phi) is 4.66. The number of hydrogen-bond donors (Lipinski definition) is 1. The average Bonchev–Trinajstić information content (AvgIpc) is 3.50. The molecule has 0 bridgehead atoms. The number of carbonyl (C=O) groups excluding carboxylic acids is 1. The SMILES string of the molecule is O=C(NC1CCCc2c1cnn2-c1ccc(F)cc1)c1ccc(Cn2cccn2)o1. The fraction of sp³-hybridized carbons (Fsp3) is 0.227. The van der Waals surface area contributed by atoms with Crippen LogP contribution in [0.5, 0.6) is 0 Å². The highest BCUT2D eigenvalue weighted by Gasteiger charge is 2.27. The monoisotopic (exact) mass is 405 g/mol. The molecule has 0 saturated heterocycles. The molecule has 0 aliphatic heterocycles. The van der Waals surface area contributed by atoms with Crippen LogP contribution in [0.1, 0.15) is 46.5 Å². The van der Waals surface area contributed by atoms with Crippen molar-refractivity contribution in [3.8, 4) is 5.69 Å². The highest BCUT2D eigenvalue weighted by molar-refractivity contribution is 5.91. The quantitative estimate of drug-likeness (QED) is 0.550. The highest BCUT2D eigenvalue weighted by atomic mass is 19.1. The molecule has 1 aliphatic rings. The van der Waals surface area contributed by atoms with Gasteiger partial charge in [0.2, 0.25) is 0 Å². The molecule has 30 heavy (non-hydrogen) atoms. The van der Waals surface area contributed by atoms with Crippen LogP contribution in [0.2, 0.25) is 0 Å². The second-order valence-electron chi connectivity index (χ2n) is 7.32. The number of benzene rings is 1. The third kappa shape index (κ3) is 3.52. The molecule has 152 valence electrons. The molecule has 3 heterocycles. The van der Waals surface area contributed by atoms with Crippen LogP contribution >= 0.6 is 0 Å². The molecule has 7 nitrogen and oxygen atoms in total. The standard InChI is InChI=1S/C22H20FN5O2/c23-15-5-7-16(8-6-15)28-20-4-1-3-19(18(20)13-25-28)26-22(29)21-10-9-17(30-21)14-27-12-2-11-24-27/h2,5-13,19H,1,3-4,14H2,(H,26,29). The van der Waals surface area contributed by atoms with Gasteiger partial charge in [0.25, 0.3) is 5.91 Å². The maximum absolute atomic E-state index is 13.3. The summed E-state index contributed by atoms with van der Waals surface area (Å²) in [5, 5.41) is 11.7. The zero-order chi connectivity index (χ0) is 20.5. The maximum Gasteiger partial charge on any atom is 0.287 e. The number of nitrogens with zero attached hydrogens (tertiary/aromatic N) is 4. The van der Waals surface area contributed by atoms with Gasteiger partial charge in [-0.1, -0.05) is 0 Å². The third-order valence-corrected chi connectivity index (χ3v) is 5.32. The number of fused-ring (bicyclic) bond motifs is 1. The molecular formula is C22H20FN5O2. The Bertz CT molecular complexity index is 1160. The summed E-state index contributed by atoms with van der Waals surface area (Å²) in [5.41, 5.74) is 2.83. The van der Waals surface area contributed by atoms with E-state index in [1.54, 1.807) is 41.3 Å². The van der Waals surface area contributed by atoms with Crippen LogP contribution in [0.3, 0.4) is 0 Å². The minimum Gasteiger partial charge on any atom is -0.454 e. The first-order valence-corrected chi connectivity index (χ1v) is 9.87. The van der Waals surface area contributed by atoms with E-state index in [1.807, 2.05) is 16.9 Å². The van der Waals surface area contributed by atoms with Crippen molar-refractivity contribution in [1.82, 2.24) is 24.9 Å². The van der Waals surface area contributed by atoms with Crippen LogP contribution < -0.4 is 5.32 Å². The number of aromatic nitrogens is 4. The second kappa shape index (κ2) is 7.62. The number of carbonyl (C=O) groups is 1. The smallest absolute Gasteiger partial charge is 0.287 e. The molecule has 1 aromatic carbocycles. The Labute approximate surface area is 172 Å². The van der Waals surface area contributed by atoms with Gasteiger partial charge in [-0.05, 0) is 61.7 Å². The molecule has 5 rings (SSSR count). The molecule has 0 spiro atoms. The zero-order valence-electron chi connectivity index (χ0n) is 16.2. The van der Waals surface area contributed by atoms with Crippen molar-refractivity contribution >= 4 is 5.91 Å². The van der Waals surface area contributed by atoms with Gasteiger partial charge in [-0.3, -0.25) is 9.48 Å². The summed E-state index contributed by atoms with van der Waals surface area (Å²) in [6.45, 7) is 0.471. The van der Waals surface area contributed by atoms with Gasteiger partial charge < -0.3 is 9.73 Å². The average molecular weight is 405 g/mol. The van der Waals surface area contributed by atoms with Crippen LogP contribution in [0, 0.1) is 5.82 Å². The third-order valence-electron chi connectivity index (χ3n) is 5.32. The Morgan fingerprint density at radius 3 is 2.87 bits per heavy atom. The lowest BCUT2D eigenvalue weighted by atomic mass is 9.92. The van der Waals surface area contributed by atoms with Crippen molar-refractivity contribution in [3.63, 3.8) is 0 Å². The Morgan fingerprint density at radius 1 is 1.20 bits per heavy atom. The lowest BCUT2D eigenvalue weighted by Crippen LogP contribution is -2.30. The molecule has 3 aromatic heterocycles. The van der Waals surface area contributed by atoms with Crippen LogP contribution in [0.25, 0.3) is 5.69 Å². The van der Waals surface area contributed by atoms with Crippen molar-refractivity contribution in [1.29, 1.82) is 0 Å². The van der Waals surface area contributed by atoms with E-state index in [0.29, 0.717) is 12.3 Å². The number of furan rings is 1. The van der Waals surface area contributed by atoms with Gasteiger partial charge in [0.05, 0.1) is 24.5 Å². The topological polar surface area (TPSA) is 77.9 Å². The molecule has 1 aliphatic carbocycles. The van der Waals surface area contributed by atoms with E-state index < -0.39 is 0 Å². The minimum atomic E-state index is -0.282. The molecule has 1 unspecified atom stereocenters. The van der Waals surface area contributed by atoms with E-state index in [4.69, 9.17) is 4.42 Å². The molecule has 0 fully saturated rings. The molecule has 4 aromatic rings. The summed E-state index contributed by atoms with van der Waals surface area (Å²) in [5.74, 6) is 0.400. The van der Waals surface area contributed by atoms with Crippen molar-refractivity contribution < 1.29 is 13.6 Å². The number of hydrogen-bond acceptors (Lipinski definition) is 4. The van der Waals surface area contributed by atoms with Crippen molar-refractivity contribution in [2.45, 2.75) is 31.8 Å². The number of amides is 1. The molecule has 8 heteroatoms. The number of halogens is 1. The maximum atomic E-state index is 13.3. The molecule has 0 saturated carbocycles. The first-order valence-electron chi connectivity index (χ1n) is 9.87. The van der Waals surface area contributed by atoms with Gasteiger partial charge in [0.1, 0.15) is 11.6 Å². The Hall–Kier alpha value is -3.68. The summed E-state index contributed by atoms with van der Waals surface area (Å²) in [7, 11) is 0. The van der Waals surface area contributed by atoms with Gasteiger partial charge in [-0.25, -0.2) is 9.07 Å². The highest BCUT2D eigenvalue weighted by Crippen LogP contribution is 2.31. The fourth-order valence-corrected chi connectivity index (χ4v) is 3.88. The summed E-state index contributed by atoms with van der Waals surface area (Å²) >= 11 is 0. The van der Waals surface area contributed by atoms with Crippen molar-refractivity contribution in [3.05, 3.63) is 89.7 Å². The van der Waals surface area contributed by atoms with Crippen molar-refractivity contribution in [2.75, 3.05) is 0 Å². The lowest BCUT2D eigenvalue weighted by molar-refractivity contribution is 0.0902. The zero-order valence-corrected chi connectivity index (χ0v) is 16.2.